The lowest BCUT2D eigenvalue weighted by Gasteiger charge is -2.02. The Balaban J connectivity index is 2.34. The third-order valence-corrected chi connectivity index (χ3v) is 2.32. The van der Waals surface area contributed by atoms with Crippen LogP contribution in [0.2, 0.25) is 0 Å². The summed E-state index contributed by atoms with van der Waals surface area (Å²) >= 11 is 0. The molecule has 0 aliphatic carbocycles. The second kappa shape index (κ2) is 5.95. The maximum Gasteiger partial charge on any atom is 0.0677 e. The minimum absolute atomic E-state index is 0.844. The van der Waals surface area contributed by atoms with E-state index < -0.39 is 0 Å². The molecule has 0 radical (unpaired) electrons. The van der Waals surface area contributed by atoms with E-state index in [9.17, 15) is 0 Å². The summed E-state index contributed by atoms with van der Waals surface area (Å²) in [5, 5.41) is 3.17. The Morgan fingerprint density at radius 1 is 1.62 bits per heavy atom. The Labute approximate surface area is 80.7 Å². The summed E-state index contributed by atoms with van der Waals surface area (Å²) in [6.07, 6.45) is 6.68. The average Bonchev–Trinajstić information content (AvgIpc) is 2.64. The van der Waals surface area contributed by atoms with Crippen molar-refractivity contribution in [1.29, 1.82) is 0 Å². The normalized spacial score (nSPS) is 21.4. The van der Waals surface area contributed by atoms with Crippen LogP contribution in [-0.4, -0.2) is 26.8 Å². The van der Waals surface area contributed by atoms with Gasteiger partial charge in [-0.3, -0.25) is 0 Å². The third-order valence-electron chi connectivity index (χ3n) is 2.32. The molecule has 1 aliphatic rings. The van der Waals surface area contributed by atoms with Crippen molar-refractivity contribution in [2.45, 2.75) is 19.8 Å². The van der Waals surface area contributed by atoms with Crippen LogP contribution in [0, 0.1) is 0 Å². The molecule has 2 nitrogen and oxygen atoms in total. The standard InChI is InChI=1S/C11H19NO/c1-3-10(8-12-2)4-5-11-6-7-13-9-11/h3,5,12H,4,6-9H2,1-2H3/b10-3+,11-5-. The van der Waals surface area contributed by atoms with Gasteiger partial charge in [-0.05, 0) is 32.4 Å². The van der Waals surface area contributed by atoms with Crippen molar-refractivity contribution in [3.05, 3.63) is 23.3 Å². The Hall–Kier alpha value is -0.600. The smallest absolute Gasteiger partial charge is 0.0677 e. The summed E-state index contributed by atoms with van der Waals surface area (Å²) < 4.78 is 5.28. The van der Waals surface area contributed by atoms with Crippen LogP contribution in [0.15, 0.2) is 23.3 Å². The molecule has 2 heteroatoms. The maximum atomic E-state index is 5.28. The van der Waals surface area contributed by atoms with Gasteiger partial charge in [-0.2, -0.15) is 0 Å². The molecule has 0 amide bonds. The van der Waals surface area contributed by atoms with Crippen LogP contribution in [-0.2, 0) is 4.74 Å². The lowest BCUT2D eigenvalue weighted by atomic mass is 10.1. The van der Waals surface area contributed by atoms with Crippen LogP contribution < -0.4 is 5.32 Å². The first-order valence-corrected chi connectivity index (χ1v) is 4.91. The predicted octanol–water partition coefficient (Wildman–Crippen LogP) is 1.89. The quantitative estimate of drug-likeness (QED) is 0.669. The van der Waals surface area contributed by atoms with Crippen LogP contribution in [0.5, 0.6) is 0 Å². The molecule has 1 saturated heterocycles. The molecule has 1 aliphatic heterocycles. The van der Waals surface area contributed by atoms with Crippen molar-refractivity contribution in [3.8, 4) is 0 Å². The zero-order chi connectivity index (χ0) is 9.52. The first-order chi connectivity index (χ1) is 6.36. The lowest BCUT2D eigenvalue weighted by Crippen LogP contribution is -2.09. The monoisotopic (exact) mass is 181 g/mol. The third kappa shape index (κ3) is 3.75. The van der Waals surface area contributed by atoms with Gasteiger partial charge < -0.3 is 10.1 Å². The van der Waals surface area contributed by atoms with Gasteiger partial charge in [0.15, 0.2) is 0 Å². The minimum Gasteiger partial charge on any atom is -0.377 e. The molecule has 74 valence electrons. The zero-order valence-electron chi connectivity index (χ0n) is 8.60. The highest BCUT2D eigenvalue weighted by molar-refractivity contribution is 5.14. The van der Waals surface area contributed by atoms with Gasteiger partial charge in [-0.25, -0.2) is 0 Å². The lowest BCUT2D eigenvalue weighted by molar-refractivity contribution is 0.204. The molecular formula is C11H19NO. The van der Waals surface area contributed by atoms with Crippen LogP contribution in [0.1, 0.15) is 19.8 Å². The fourth-order valence-electron chi connectivity index (χ4n) is 1.43. The molecule has 1 fully saturated rings. The van der Waals surface area contributed by atoms with E-state index in [0.29, 0.717) is 0 Å². The van der Waals surface area contributed by atoms with Gasteiger partial charge in [0.25, 0.3) is 0 Å². The second-order valence-electron chi connectivity index (χ2n) is 3.35. The Kier molecular flexibility index (Phi) is 4.79. The van der Waals surface area contributed by atoms with Gasteiger partial charge in [0.05, 0.1) is 13.2 Å². The summed E-state index contributed by atoms with van der Waals surface area (Å²) in [6.45, 7) is 4.83. The van der Waals surface area contributed by atoms with Gasteiger partial charge >= 0.3 is 0 Å². The van der Waals surface area contributed by atoms with E-state index in [4.69, 9.17) is 4.74 Å². The van der Waals surface area contributed by atoms with Crippen molar-refractivity contribution in [1.82, 2.24) is 5.32 Å². The van der Waals surface area contributed by atoms with E-state index in [2.05, 4.69) is 24.4 Å². The van der Waals surface area contributed by atoms with Crippen molar-refractivity contribution < 1.29 is 4.74 Å². The fourth-order valence-corrected chi connectivity index (χ4v) is 1.43. The summed E-state index contributed by atoms with van der Waals surface area (Å²) in [4.78, 5) is 0. The van der Waals surface area contributed by atoms with Crippen LogP contribution >= 0.6 is 0 Å². The number of nitrogens with one attached hydrogen (secondary N) is 1. The SMILES string of the molecule is C/C=C(\C/C=C1/CCOC1)CNC. The molecule has 0 atom stereocenters. The number of allylic oxidation sites excluding steroid dienone is 2. The average molecular weight is 181 g/mol. The van der Waals surface area contributed by atoms with Crippen molar-refractivity contribution in [3.63, 3.8) is 0 Å². The molecule has 1 rings (SSSR count). The van der Waals surface area contributed by atoms with Crippen LogP contribution in [0.25, 0.3) is 0 Å². The highest BCUT2D eigenvalue weighted by Gasteiger charge is 2.05. The Morgan fingerprint density at radius 3 is 3.00 bits per heavy atom. The first kappa shape index (κ1) is 10.5. The number of likely N-dealkylation sites (N-methyl/N-ethyl adjacent to an activating group) is 1. The largest absolute Gasteiger partial charge is 0.377 e. The summed E-state index contributed by atoms with van der Waals surface area (Å²) in [6, 6.07) is 0. The number of ether oxygens (including phenoxy) is 1. The van der Waals surface area contributed by atoms with E-state index in [-0.39, 0.29) is 0 Å². The van der Waals surface area contributed by atoms with Crippen molar-refractivity contribution in [2.75, 3.05) is 26.8 Å². The number of hydrogen-bond acceptors (Lipinski definition) is 2. The Bertz CT molecular complexity index is 198. The Morgan fingerprint density at radius 2 is 2.46 bits per heavy atom. The number of rotatable bonds is 4. The van der Waals surface area contributed by atoms with E-state index in [1.807, 2.05) is 7.05 Å². The minimum atomic E-state index is 0.844. The molecule has 13 heavy (non-hydrogen) atoms. The molecule has 0 saturated carbocycles. The summed E-state index contributed by atoms with van der Waals surface area (Å²) in [7, 11) is 1.98. The van der Waals surface area contributed by atoms with Crippen molar-refractivity contribution in [2.24, 2.45) is 0 Å². The topological polar surface area (TPSA) is 21.3 Å². The van der Waals surface area contributed by atoms with Gasteiger partial charge in [0.1, 0.15) is 0 Å². The summed E-state index contributed by atoms with van der Waals surface area (Å²) in [5.41, 5.74) is 2.90. The molecule has 0 aromatic heterocycles. The number of hydrogen-bond donors (Lipinski definition) is 1. The summed E-state index contributed by atoms with van der Waals surface area (Å²) in [5.74, 6) is 0. The maximum absolute atomic E-state index is 5.28. The van der Waals surface area contributed by atoms with E-state index in [0.717, 1.165) is 32.6 Å². The molecule has 0 aromatic rings. The molecular weight excluding hydrogens is 162 g/mol. The van der Waals surface area contributed by atoms with Gasteiger partial charge in [0.2, 0.25) is 0 Å². The zero-order valence-corrected chi connectivity index (χ0v) is 8.60. The van der Waals surface area contributed by atoms with Crippen LogP contribution in [0.4, 0.5) is 0 Å². The highest BCUT2D eigenvalue weighted by atomic mass is 16.5. The molecule has 0 unspecified atom stereocenters. The molecule has 0 aromatic carbocycles. The molecule has 0 bridgehead atoms. The first-order valence-electron chi connectivity index (χ1n) is 4.91. The fraction of sp³-hybridized carbons (Fsp3) is 0.636. The molecule has 1 heterocycles. The van der Waals surface area contributed by atoms with E-state index in [1.165, 1.54) is 11.1 Å². The van der Waals surface area contributed by atoms with E-state index in [1.54, 1.807) is 0 Å². The van der Waals surface area contributed by atoms with Gasteiger partial charge in [-0.1, -0.05) is 17.7 Å². The van der Waals surface area contributed by atoms with Crippen molar-refractivity contribution >= 4 is 0 Å². The van der Waals surface area contributed by atoms with E-state index >= 15 is 0 Å². The van der Waals surface area contributed by atoms with Gasteiger partial charge in [0, 0.05) is 6.54 Å². The van der Waals surface area contributed by atoms with Gasteiger partial charge in [-0.15, -0.1) is 0 Å². The molecule has 0 spiro atoms. The highest BCUT2D eigenvalue weighted by Crippen LogP contribution is 2.13. The molecule has 1 N–H and O–H groups in total. The second-order valence-corrected chi connectivity index (χ2v) is 3.35. The van der Waals surface area contributed by atoms with Crippen LogP contribution in [0.3, 0.4) is 0 Å². The predicted molar refractivity (Wildman–Crippen MR) is 55.8 cm³/mol.